The molecule has 5 nitrogen and oxygen atoms in total. The maximum absolute atomic E-state index is 11.6. The van der Waals surface area contributed by atoms with Gasteiger partial charge in [-0.1, -0.05) is 12.1 Å². The minimum absolute atomic E-state index is 0.0607. The predicted octanol–water partition coefficient (Wildman–Crippen LogP) is 1.68. The summed E-state index contributed by atoms with van der Waals surface area (Å²) in [6, 6.07) is 7.06. The zero-order valence-electron chi connectivity index (χ0n) is 12.5. The number of nitrogens with zero attached hydrogens (tertiary/aromatic N) is 1. The van der Waals surface area contributed by atoms with Crippen molar-refractivity contribution >= 4 is 17.6 Å². The van der Waals surface area contributed by atoms with Crippen molar-refractivity contribution < 1.29 is 14.3 Å². The van der Waals surface area contributed by atoms with E-state index in [1.54, 1.807) is 32.8 Å². The summed E-state index contributed by atoms with van der Waals surface area (Å²) in [7, 11) is 3.47. The monoisotopic (exact) mass is 278 g/mol. The summed E-state index contributed by atoms with van der Waals surface area (Å²) in [6.07, 6.45) is 0.376. The van der Waals surface area contributed by atoms with E-state index in [2.05, 4.69) is 5.32 Å². The SMILES string of the molecule is CCOC(=O)[C@@H](C)Nc1ccc(CC(=O)N(C)C)cc1. The first kappa shape index (κ1) is 16.0. The Morgan fingerprint density at radius 2 is 1.85 bits per heavy atom. The summed E-state index contributed by atoms with van der Waals surface area (Å²) in [5.41, 5.74) is 1.77. The Morgan fingerprint density at radius 3 is 2.35 bits per heavy atom. The van der Waals surface area contributed by atoms with Crippen LogP contribution in [0.15, 0.2) is 24.3 Å². The van der Waals surface area contributed by atoms with Crippen LogP contribution in [0.25, 0.3) is 0 Å². The Hall–Kier alpha value is -2.04. The highest BCUT2D eigenvalue weighted by atomic mass is 16.5. The topological polar surface area (TPSA) is 58.6 Å². The van der Waals surface area contributed by atoms with Crippen LogP contribution in [0.4, 0.5) is 5.69 Å². The molecule has 0 aliphatic heterocycles. The van der Waals surface area contributed by atoms with Crippen molar-refractivity contribution in [2.75, 3.05) is 26.0 Å². The Labute approximate surface area is 119 Å². The van der Waals surface area contributed by atoms with E-state index in [4.69, 9.17) is 4.74 Å². The fraction of sp³-hybridized carbons (Fsp3) is 0.467. The average Bonchev–Trinajstić information content (AvgIpc) is 2.41. The van der Waals surface area contributed by atoms with E-state index < -0.39 is 6.04 Å². The highest BCUT2D eigenvalue weighted by Gasteiger charge is 2.13. The molecule has 5 heteroatoms. The number of carbonyl (C=O) groups excluding carboxylic acids is 2. The second-order valence-electron chi connectivity index (χ2n) is 4.78. The van der Waals surface area contributed by atoms with Crippen LogP contribution >= 0.6 is 0 Å². The molecular formula is C15H22N2O3. The zero-order valence-corrected chi connectivity index (χ0v) is 12.5. The summed E-state index contributed by atoms with van der Waals surface area (Å²) in [4.78, 5) is 24.6. The molecule has 0 saturated heterocycles. The van der Waals surface area contributed by atoms with E-state index in [0.717, 1.165) is 11.3 Å². The standard InChI is InChI=1S/C15H22N2O3/c1-5-20-15(19)11(2)16-13-8-6-12(7-9-13)10-14(18)17(3)4/h6-9,11,16H,5,10H2,1-4H3/t11-/m1/s1. The number of ether oxygens (including phenoxy) is 1. The Kier molecular flexibility index (Phi) is 6.03. The van der Waals surface area contributed by atoms with Gasteiger partial charge in [0.05, 0.1) is 13.0 Å². The lowest BCUT2D eigenvalue weighted by molar-refractivity contribution is -0.143. The number of anilines is 1. The van der Waals surface area contributed by atoms with E-state index in [9.17, 15) is 9.59 Å². The van der Waals surface area contributed by atoms with Crippen LogP contribution in [-0.2, 0) is 20.7 Å². The molecule has 0 aliphatic rings. The van der Waals surface area contributed by atoms with Gasteiger partial charge >= 0.3 is 5.97 Å². The number of esters is 1. The number of benzene rings is 1. The van der Waals surface area contributed by atoms with Crippen LogP contribution in [0.5, 0.6) is 0 Å². The molecule has 0 unspecified atom stereocenters. The first-order valence-electron chi connectivity index (χ1n) is 6.66. The molecule has 0 radical (unpaired) electrons. The van der Waals surface area contributed by atoms with Crippen LogP contribution in [0.2, 0.25) is 0 Å². The summed E-state index contributed by atoms with van der Waals surface area (Å²) in [5, 5.41) is 3.06. The second kappa shape index (κ2) is 7.53. The molecule has 0 fully saturated rings. The molecule has 1 amide bonds. The number of amides is 1. The zero-order chi connectivity index (χ0) is 15.1. The molecule has 0 aromatic heterocycles. The predicted molar refractivity (Wildman–Crippen MR) is 78.6 cm³/mol. The number of carbonyl (C=O) groups is 2. The molecule has 0 heterocycles. The third-order valence-electron chi connectivity index (χ3n) is 2.83. The molecule has 1 aromatic carbocycles. The molecule has 110 valence electrons. The van der Waals surface area contributed by atoms with Gasteiger partial charge in [-0.15, -0.1) is 0 Å². The molecule has 0 saturated carbocycles. The van der Waals surface area contributed by atoms with Gasteiger partial charge in [0.15, 0.2) is 0 Å². The quantitative estimate of drug-likeness (QED) is 0.804. The number of rotatable bonds is 6. The minimum Gasteiger partial charge on any atom is -0.464 e. The summed E-state index contributed by atoms with van der Waals surface area (Å²) in [6.45, 7) is 3.90. The Balaban J connectivity index is 2.58. The van der Waals surface area contributed by atoms with Crippen LogP contribution in [-0.4, -0.2) is 43.5 Å². The molecule has 1 N–H and O–H groups in total. The molecule has 20 heavy (non-hydrogen) atoms. The van der Waals surface area contributed by atoms with Gasteiger partial charge in [-0.3, -0.25) is 4.79 Å². The van der Waals surface area contributed by atoms with Crippen molar-refractivity contribution in [3.8, 4) is 0 Å². The number of hydrogen-bond donors (Lipinski definition) is 1. The van der Waals surface area contributed by atoms with Crippen molar-refractivity contribution in [1.29, 1.82) is 0 Å². The normalized spacial score (nSPS) is 11.6. The lowest BCUT2D eigenvalue weighted by Crippen LogP contribution is -2.28. The van der Waals surface area contributed by atoms with Gasteiger partial charge < -0.3 is 15.0 Å². The Morgan fingerprint density at radius 1 is 1.25 bits per heavy atom. The fourth-order valence-electron chi connectivity index (χ4n) is 1.63. The smallest absolute Gasteiger partial charge is 0.328 e. The van der Waals surface area contributed by atoms with Crippen molar-refractivity contribution in [2.24, 2.45) is 0 Å². The lowest BCUT2D eigenvalue weighted by Gasteiger charge is -2.14. The van der Waals surface area contributed by atoms with Crippen LogP contribution in [0, 0.1) is 0 Å². The third-order valence-corrected chi connectivity index (χ3v) is 2.83. The van der Waals surface area contributed by atoms with Crippen molar-refractivity contribution in [2.45, 2.75) is 26.3 Å². The van der Waals surface area contributed by atoms with Crippen LogP contribution in [0.1, 0.15) is 19.4 Å². The van der Waals surface area contributed by atoms with Gasteiger partial charge in [0.2, 0.25) is 5.91 Å². The maximum Gasteiger partial charge on any atom is 0.328 e. The first-order valence-corrected chi connectivity index (χ1v) is 6.66. The summed E-state index contributed by atoms with van der Waals surface area (Å²) in [5.74, 6) is -0.218. The molecule has 1 atom stereocenters. The second-order valence-corrected chi connectivity index (χ2v) is 4.78. The van der Waals surface area contributed by atoms with E-state index in [1.165, 1.54) is 0 Å². The van der Waals surface area contributed by atoms with E-state index >= 15 is 0 Å². The van der Waals surface area contributed by atoms with Crippen molar-refractivity contribution in [3.63, 3.8) is 0 Å². The minimum atomic E-state index is -0.399. The average molecular weight is 278 g/mol. The van der Waals surface area contributed by atoms with E-state index in [1.807, 2.05) is 24.3 Å². The first-order chi connectivity index (χ1) is 9.43. The van der Waals surface area contributed by atoms with Gasteiger partial charge in [-0.2, -0.15) is 0 Å². The van der Waals surface area contributed by atoms with Gasteiger partial charge in [-0.25, -0.2) is 4.79 Å². The largest absolute Gasteiger partial charge is 0.464 e. The van der Waals surface area contributed by atoms with Crippen molar-refractivity contribution in [1.82, 2.24) is 4.90 Å². The van der Waals surface area contributed by atoms with E-state index in [0.29, 0.717) is 13.0 Å². The lowest BCUT2D eigenvalue weighted by atomic mass is 10.1. The Bertz CT molecular complexity index is 455. The molecule has 0 aliphatic carbocycles. The molecule has 1 aromatic rings. The van der Waals surface area contributed by atoms with Crippen LogP contribution in [0.3, 0.4) is 0 Å². The van der Waals surface area contributed by atoms with Gasteiger partial charge in [0.25, 0.3) is 0 Å². The molecule has 1 rings (SSSR count). The third kappa shape index (κ3) is 4.91. The van der Waals surface area contributed by atoms with Gasteiger partial charge in [-0.05, 0) is 31.5 Å². The van der Waals surface area contributed by atoms with Crippen molar-refractivity contribution in [3.05, 3.63) is 29.8 Å². The summed E-state index contributed by atoms with van der Waals surface area (Å²) >= 11 is 0. The highest BCUT2D eigenvalue weighted by molar-refractivity contribution is 5.79. The van der Waals surface area contributed by atoms with E-state index in [-0.39, 0.29) is 11.9 Å². The highest BCUT2D eigenvalue weighted by Crippen LogP contribution is 2.12. The fourth-order valence-corrected chi connectivity index (χ4v) is 1.63. The molecule has 0 spiro atoms. The van der Waals surface area contributed by atoms with Gasteiger partial charge in [0.1, 0.15) is 6.04 Å². The van der Waals surface area contributed by atoms with Gasteiger partial charge in [0, 0.05) is 19.8 Å². The number of likely N-dealkylation sites (N-methyl/N-ethyl adjacent to an activating group) is 1. The maximum atomic E-state index is 11.6. The molecular weight excluding hydrogens is 256 g/mol. The number of hydrogen-bond acceptors (Lipinski definition) is 4. The molecule has 0 bridgehead atoms. The summed E-state index contributed by atoms with van der Waals surface area (Å²) < 4.78 is 4.93. The number of nitrogens with one attached hydrogen (secondary N) is 1. The van der Waals surface area contributed by atoms with Crippen LogP contribution < -0.4 is 5.32 Å².